The third-order valence-electron chi connectivity index (χ3n) is 5.83. The maximum Gasteiger partial charge on any atom is 0.261 e. The molecule has 1 N–H and O–H groups in total. The van der Waals surface area contributed by atoms with Gasteiger partial charge in [-0.1, -0.05) is 53.6 Å². The molecular formula is C26H23ClN6O. The van der Waals surface area contributed by atoms with E-state index in [0.29, 0.717) is 28.5 Å². The molecule has 8 heteroatoms. The molecule has 0 bridgehead atoms. The van der Waals surface area contributed by atoms with Crippen molar-refractivity contribution in [3.05, 3.63) is 100 Å². The lowest BCUT2D eigenvalue weighted by Gasteiger charge is -2.08. The maximum atomic E-state index is 13.2. The zero-order valence-corrected chi connectivity index (χ0v) is 19.8. The summed E-state index contributed by atoms with van der Waals surface area (Å²) in [6.45, 7) is 6.41. The van der Waals surface area contributed by atoms with Gasteiger partial charge in [0, 0.05) is 16.8 Å². The van der Waals surface area contributed by atoms with Gasteiger partial charge in [-0.15, -0.1) is 0 Å². The first-order valence-electron chi connectivity index (χ1n) is 10.9. The fourth-order valence-corrected chi connectivity index (χ4v) is 4.23. The van der Waals surface area contributed by atoms with Crippen molar-refractivity contribution in [3.63, 3.8) is 0 Å². The number of fused-ring (bicyclic) bond motifs is 1. The minimum atomic E-state index is -0.280. The molecular weight excluding hydrogens is 448 g/mol. The van der Waals surface area contributed by atoms with Crippen LogP contribution in [0.25, 0.3) is 16.9 Å². The Bertz CT molecular complexity index is 1520. The number of rotatable bonds is 5. The summed E-state index contributed by atoms with van der Waals surface area (Å²) in [5.41, 5.74) is 7.25. The van der Waals surface area contributed by atoms with Crippen LogP contribution in [0.1, 0.15) is 32.9 Å². The number of aromatic nitrogens is 5. The van der Waals surface area contributed by atoms with Crippen LogP contribution in [0.5, 0.6) is 0 Å². The Labute approximate surface area is 202 Å². The van der Waals surface area contributed by atoms with Crippen LogP contribution in [0.15, 0.2) is 67.0 Å². The van der Waals surface area contributed by atoms with E-state index in [1.807, 2.05) is 80.1 Å². The smallest absolute Gasteiger partial charge is 0.261 e. The molecule has 1 amide bonds. The first kappa shape index (κ1) is 21.9. The molecule has 3 heterocycles. The zero-order chi connectivity index (χ0) is 23.8. The summed E-state index contributed by atoms with van der Waals surface area (Å²) in [5, 5.41) is 12.8. The topological polar surface area (TPSA) is 77.1 Å². The van der Waals surface area contributed by atoms with Crippen molar-refractivity contribution in [1.82, 2.24) is 24.4 Å². The molecule has 0 unspecified atom stereocenters. The van der Waals surface area contributed by atoms with Crippen LogP contribution < -0.4 is 5.32 Å². The monoisotopic (exact) mass is 470 g/mol. The second-order valence-corrected chi connectivity index (χ2v) is 8.71. The summed E-state index contributed by atoms with van der Waals surface area (Å²) in [5.74, 6) is -0.280. The standard InChI is InChI=1S/C26H23ClN6O/c1-16-7-9-20(10-8-16)23-11-12-28-25-22(14-29-33(23)25)26(34)30-24-17(2)31-32(18(24)3)15-19-5-4-6-21(27)13-19/h4-14H,15H2,1-3H3,(H,30,34). The van der Waals surface area contributed by atoms with Crippen molar-refractivity contribution in [2.45, 2.75) is 27.3 Å². The molecule has 0 saturated heterocycles. The highest BCUT2D eigenvalue weighted by atomic mass is 35.5. The van der Waals surface area contributed by atoms with Gasteiger partial charge in [-0.25, -0.2) is 9.50 Å². The highest BCUT2D eigenvalue weighted by molar-refractivity contribution is 6.30. The van der Waals surface area contributed by atoms with Gasteiger partial charge < -0.3 is 5.32 Å². The lowest BCUT2D eigenvalue weighted by Crippen LogP contribution is -2.13. The number of hydrogen-bond donors (Lipinski definition) is 1. The van der Waals surface area contributed by atoms with Gasteiger partial charge in [0.1, 0.15) is 5.56 Å². The summed E-state index contributed by atoms with van der Waals surface area (Å²) >= 11 is 6.12. The minimum Gasteiger partial charge on any atom is -0.319 e. The molecule has 0 saturated carbocycles. The van der Waals surface area contributed by atoms with Gasteiger partial charge in [-0.3, -0.25) is 9.48 Å². The normalized spacial score (nSPS) is 11.2. The summed E-state index contributed by atoms with van der Waals surface area (Å²) in [4.78, 5) is 17.7. The van der Waals surface area contributed by atoms with E-state index in [1.54, 1.807) is 16.9 Å². The lowest BCUT2D eigenvalue weighted by atomic mass is 10.1. The summed E-state index contributed by atoms with van der Waals surface area (Å²) in [6, 6.07) is 17.7. The van der Waals surface area contributed by atoms with Gasteiger partial charge in [-0.05, 0) is 44.5 Å². The Kier molecular flexibility index (Phi) is 5.63. The maximum absolute atomic E-state index is 13.2. The molecule has 0 spiro atoms. The van der Waals surface area contributed by atoms with Gasteiger partial charge in [0.2, 0.25) is 0 Å². The average molecular weight is 471 g/mol. The molecule has 3 aromatic heterocycles. The van der Waals surface area contributed by atoms with Crippen molar-refractivity contribution in [2.75, 3.05) is 5.32 Å². The van der Waals surface area contributed by atoms with Crippen LogP contribution >= 0.6 is 11.6 Å². The third kappa shape index (κ3) is 4.06. The number of anilines is 1. The van der Waals surface area contributed by atoms with E-state index in [2.05, 4.69) is 20.5 Å². The molecule has 170 valence electrons. The van der Waals surface area contributed by atoms with Gasteiger partial charge in [0.15, 0.2) is 5.65 Å². The quantitative estimate of drug-likeness (QED) is 0.369. The molecule has 0 aliphatic carbocycles. The molecule has 0 radical (unpaired) electrons. The van der Waals surface area contributed by atoms with Gasteiger partial charge in [-0.2, -0.15) is 10.2 Å². The molecule has 5 rings (SSSR count). The number of carbonyl (C=O) groups excluding carboxylic acids is 1. The van der Waals surface area contributed by atoms with E-state index in [4.69, 9.17) is 11.6 Å². The number of hydrogen-bond acceptors (Lipinski definition) is 4. The largest absolute Gasteiger partial charge is 0.319 e. The first-order chi connectivity index (χ1) is 16.4. The predicted octanol–water partition coefficient (Wildman–Crippen LogP) is 5.47. The Morgan fingerprint density at radius 3 is 2.62 bits per heavy atom. The Balaban J connectivity index is 1.44. The summed E-state index contributed by atoms with van der Waals surface area (Å²) in [6.07, 6.45) is 3.25. The number of aryl methyl sites for hydroxylation is 2. The number of nitrogens with one attached hydrogen (secondary N) is 1. The molecule has 2 aromatic carbocycles. The number of amides is 1. The first-order valence-corrected chi connectivity index (χ1v) is 11.3. The summed E-state index contributed by atoms with van der Waals surface area (Å²) < 4.78 is 3.56. The average Bonchev–Trinajstić information content (AvgIpc) is 3.36. The Hall–Kier alpha value is -3.97. The molecule has 5 aromatic rings. The fourth-order valence-electron chi connectivity index (χ4n) is 4.02. The van der Waals surface area contributed by atoms with E-state index >= 15 is 0 Å². The number of benzene rings is 2. The molecule has 0 aliphatic rings. The molecule has 0 aliphatic heterocycles. The lowest BCUT2D eigenvalue weighted by molar-refractivity contribution is 0.102. The molecule has 0 fully saturated rings. The van der Waals surface area contributed by atoms with E-state index < -0.39 is 0 Å². The van der Waals surface area contributed by atoms with Crippen LogP contribution in [-0.2, 0) is 6.54 Å². The number of nitrogens with zero attached hydrogens (tertiary/aromatic N) is 5. The highest BCUT2D eigenvalue weighted by Gasteiger charge is 2.20. The second kappa shape index (κ2) is 8.76. The SMILES string of the molecule is Cc1ccc(-c2ccnc3c(C(=O)Nc4c(C)nn(Cc5cccc(Cl)c5)c4C)cnn23)cc1. The van der Waals surface area contributed by atoms with Crippen LogP contribution in [0.3, 0.4) is 0 Å². The van der Waals surface area contributed by atoms with Crippen LogP contribution in [0.4, 0.5) is 5.69 Å². The van der Waals surface area contributed by atoms with Crippen molar-refractivity contribution < 1.29 is 4.79 Å². The van der Waals surface area contributed by atoms with Crippen LogP contribution in [0, 0.1) is 20.8 Å². The van der Waals surface area contributed by atoms with Crippen molar-refractivity contribution in [3.8, 4) is 11.3 Å². The van der Waals surface area contributed by atoms with E-state index in [9.17, 15) is 4.79 Å². The van der Waals surface area contributed by atoms with Crippen molar-refractivity contribution in [1.29, 1.82) is 0 Å². The third-order valence-corrected chi connectivity index (χ3v) is 6.07. The second-order valence-electron chi connectivity index (χ2n) is 8.28. The van der Waals surface area contributed by atoms with Crippen LogP contribution in [0.2, 0.25) is 5.02 Å². The summed E-state index contributed by atoms with van der Waals surface area (Å²) in [7, 11) is 0. The van der Waals surface area contributed by atoms with Gasteiger partial charge in [0.05, 0.1) is 35.5 Å². The van der Waals surface area contributed by atoms with E-state index in [1.165, 1.54) is 5.56 Å². The predicted molar refractivity (Wildman–Crippen MR) is 133 cm³/mol. The van der Waals surface area contributed by atoms with Crippen molar-refractivity contribution >= 4 is 28.8 Å². The zero-order valence-electron chi connectivity index (χ0n) is 19.1. The fraction of sp³-hybridized carbons (Fsp3) is 0.154. The van der Waals surface area contributed by atoms with Crippen molar-refractivity contribution in [2.24, 2.45) is 0 Å². The van der Waals surface area contributed by atoms with E-state index in [0.717, 1.165) is 28.2 Å². The highest BCUT2D eigenvalue weighted by Crippen LogP contribution is 2.24. The minimum absolute atomic E-state index is 0.280. The van der Waals surface area contributed by atoms with Gasteiger partial charge >= 0.3 is 0 Å². The van der Waals surface area contributed by atoms with Gasteiger partial charge in [0.25, 0.3) is 5.91 Å². The van der Waals surface area contributed by atoms with Crippen LogP contribution in [-0.4, -0.2) is 30.3 Å². The molecule has 7 nitrogen and oxygen atoms in total. The Morgan fingerprint density at radius 2 is 1.85 bits per heavy atom. The number of halogens is 1. The Morgan fingerprint density at radius 1 is 1.06 bits per heavy atom. The molecule has 0 atom stereocenters. The van der Waals surface area contributed by atoms with E-state index in [-0.39, 0.29) is 5.91 Å². The number of carbonyl (C=O) groups is 1. The molecule has 34 heavy (non-hydrogen) atoms.